The fraction of sp³-hybridized carbons (Fsp3) is 0.113. The van der Waals surface area contributed by atoms with E-state index in [0.717, 1.165) is 5.56 Å². The fourth-order valence-corrected chi connectivity index (χ4v) is 7.24. The average Bonchev–Trinajstić information content (AvgIpc) is 4.19. The van der Waals surface area contributed by atoms with E-state index in [1.54, 1.807) is 41.3 Å². The number of para-hydroxylation sites is 4. The molecule has 10 rings (SSSR count). The van der Waals surface area contributed by atoms with E-state index in [1.807, 2.05) is 20.8 Å². The number of hydrogen-bond donors (Lipinski definition) is 0. The van der Waals surface area contributed by atoms with Gasteiger partial charge in [-0.25, -0.2) is 4.98 Å². The first-order chi connectivity index (χ1) is 36.6. The third-order valence-corrected chi connectivity index (χ3v) is 9.90. The number of fused-ring (bicyclic) bond motifs is 4. The Labute approximate surface area is 364 Å². The summed E-state index contributed by atoms with van der Waals surface area (Å²) in [7, 11) is 0. The molecule has 0 bridgehead atoms. The van der Waals surface area contributed by atoms with Gasteiger partial charge in [-0.2, -0.15) is 0 Å². The summed E-state index contributed by atoms with van der Waals surface area (Å²) in [6.45, 7) is 5.53. The SMILES string of the molecule is [2H]c1c(N2CN(c3c(-c4c([2H])c([2H])c([2H])c([2H])c4[2H])cccc3-c3c([2H])c([2H])c([2H])c([2H])c3[2H])c3ccccc32)cc(C([2H])([2H])c2cc3c(c([2H])c2[2H])c2c([2H])c([2H])c([2H])c([2H])c2n3-c2cc(C(C)(C)C)ccn2)c([2H])c1[2H]. The normalized spacial score (nSPS) is 18.2. The van der Waals surface area contributed by atoms with E-state index in [2.05, 4.69) is 4.98 Å². The van der Waals surface area contributed by atoms with Crippen molar-refractivity contribution in [3.05, 3.63) is 204 Å². The number of benzene rings is 7. The van der Waals surface area contributed by atoms with Gasteiger partial charge in [0.15, 0.2) is 0 Å². The molecule has 0 radical (unpaired) electrons. The Morgan fingerprint density at radius 2 is 1.25 bits per heavy atom. The zero-order valence-electron chi connectivity index (χ0n) is 51.9. The lowest BCUT2D eigenvalue weighted by Gasteiger charge is -2.27. The van der Waals surface area contributed by atoms with Gasteiger partial charge in [-0.1, -0.05) is 154 Å². The Morgan fingerprint density at radius 1 is 0.596 bits per heavy atom. The molecule has 4 heteroatoms. The number of rotatable bonds is 7. The first-order valence-corrected chi connectivity index (χ1v) is 18.1. The molecule has 2 aromatic heterocycles. The van der Waals surface area contributed by atoms with E-state index < -0.39 is 138 Å². The first-order valence-electron chi connectivity index (χ1n) is 28.6. The van der Waals surface area contributed by atoms with Crippen molar-refractivity contribution >= 4 is 44.6 Å². The second kappa shape index (κ2) is 14.0. The van der Waals surface area contributed by atoms with Gasteiger partial charge in [0, 0.05) is 36.5 Å². The van der Waals surface area contributed by atoms with Gasteiger partial charge in [-0.05, 0) is 88.1 Å². The molecule has 7 aromatic carbocycles. The van der Waals surface area contributed by atoms with Gasteiger partial charge < -0.3 is 9.80 Å². The quantitative estimate of drug-likeness (QED) is 0.162. The maximum Gasteiger partial charge on any atom is 0.137 e. The van der Waals surface area contributed by atoms with Crippen LogP contribution in [0.1, 0.15) is 66.2 Å². The second-order valence-electron chi connectivity index (χ2n) is 14.4. The second-order valence-corrected chi connectivity index (χ2v) is 14.4. The van der Waals surface area contributed by atoms with E-state index in [4.69, 9.17) is 19.2 Å². The molecular weight excluding hydrogens is 693 g/mol. The van der Waals surface area contributed by atoms with Crippen molar-refractivity contribution in [3.8, 4) is 28.1 Å². The van der Waals surface area contributed by atoms with Crippen LogP contribution in [-0.2, 0) is 11.8 Å². The van der Waals surface area contributed by atoms with Gasteiger partial charge in [0.2, 0.25) is 0 Å². The van der Waals surface area contributed by atoms with Crippen LogP contribution in [0.15, 0.2) is 188 Å². The lowest BCUT2D eigenvalue weighted by atomic mass is 9.88. The fourth-order valence-electron chi connectivity index (χ4n) is 7.24. The van der Waals surface area contributed by atoms with Crippen molar-refractivity contribution in [2.75, 3.05) is 16.5 Å². The molecule has 3 heterocycles. The lowest BCUT2D eigenvalue weighted by molar-refractivity contribution is 0.588. The minimum Gasteiger partial charge on any atom is -0.321 e. The Kier molecular flexibility index (Phi) is 4.62. The van der Waals surface area contributed by atoms with Gasteiger partial charge in [0.25, 0.3) is 0 Å². The van der Waals surface area contributed by atoms with Crippen LogP contribution in [0, 0.1) is 0 Å². The van der Waals surface area contributed by atoms with E-state index >= 15 is 0 Å². The monoisotopic (exact) mass is 757 g/mol. The van der Waals surface area contributed by atoms with Gasteiger partial charge in [-0.3, -0.25) is 4.57 Å². The molecule has 4 nitrogen and oxygen atoms in total. The first kappa shape index (κ1) is 18.8. The minimum atomic E-state index is -2.94. The molecule has 0 spiro atoms. The smallest absolute Gasteiger partial charge is 0.137 e. The van der Waals surface area contributed by atoms with Crippen LogP contribution >= 0.6 is 0 Å². The van der Waals surface area contributed by atoms with Crippen LogP contribution < -0.4 is 9.80 Å². The van der Waals surface area contributed by atoms with Crippen molar-refractivity contribution in [1.29, 1.82) is 0 Å². The number of pyridine rings is 1. The maximum absolute atomic E-state index is 9.87. The molecule has 0 amide bonds. The van der Waals surface area contributed by atoms with Crippen LogP contribution in [0.5, 0.6) is 0 Å². The molecule has 0 atom stereocenters. The summed E-state index contributed by atoms with van der Waals surface area (Å²) in [5, 5.41) is -0.181. The van der Waals surface area contributed by atoms with Crippen molar-refractivity contribution < 1.29 is 28.8 Å². The van der Waals surface area contributed by atoms with Crippen molar-refractivity contribution in [2.45, 2.75) is 32.6 Å². The predicted octanol–water partition coefficient (Wildman–Crippen LogP) is 13.6. The van der Waals surface area contributed by atoms with Crippen LogP contribution in [-0.4, -0.2) is 16.2 Å². The molecule has 0 fully saturated rings. The topological polar surface area (TPSA) is 24.3 Å². The van der Waals surface area contributed by atoms with E-state index in [-0.39, 0.29) is 67.9 Å². The van der Waals surface area contributed by atoms with Gasteiger partial charge >= 0.3 is 0 Å². The zero-order valence-corrected chi connectivity index (χ0v) is 30.9. The largest absolute Gasteiger partial charge is 0.321 e. The molecule has 57 heavy (non-hydrogen) atoms. The highest BCUT2D eigenvalue weighted by Crippen LogP contribution is 2.50. The molecule has 276 valence electrons. The van der Waals surface area contributed by atoms with Gasteiger partial charge in [0.05, 0.1) is 54.1 Å². The third-order valence-electron chi connectivity index (χ3n) is 9.90. The Balaban J connectivity index is 1.21. The molecule has 0 saturated heterocycles. The van der Waals surface area contributed by atoms with E-state index in [1.165, 1.54) is 46.0 Å². The summed E-state index contributed by atoms with van der Waals surface area (Å²) in [5.41, 5.74) is -0.781. The Morgan fingerprint density at radius 3 is 1.96 bits per heavy atom. The van der Waals surface area contributed by atoms with Gasteiger partial charge in [-0.15, -0.1) is 0 Å². The minimum absolute atomic E-state index is 0.00204. The molecule has 9 aromatic rings. The summed E-state index contributed by atoms with van der Waals surface area (Å²) in [6.07, 6.45) is -1.41. The number of hydrogen-bond acceptors (Lipinski definition) is 3. The summed E-state index contributed by atoms with van der Waals surface area (Å²) >= 11 is 0. The van der Waals surface area contributed by atoms with Crippen LogP contribution in [0.4, 0.5) is 22.7 Å². The van der Waals surface area contributed by atoms with Crippen LogP contribution in [0.3, 0.4) is 0 Å². The third kappa shape index (κ3) is 6.24. The average molecular weight is 758 g/mol. The molecule has 0 aliphatic carbocycles. The van der Waals surface area contributed by atoms with Crippen LogP contribution in [0.2, 0.25) is 0 Å². The maximum atomic E-state index is 9.87. The number of aromatic nitrogens is 2. The van der Waals surface area contributed by atoms with Crippen molar-refractivity contribution in [2.24, 2.45) is 0 Å². The lowest BCUT2D eigenvalue weighted by Crippen LogP contribution is -2.25. The predicted molar refractivity (Wildman–Crippen MR) is 239 cm³/mol. The van der Waals surface area contributed by atoms with E-state index in [0.29, 0.717) is 11.4 Å². The molecule has 1 aliphatic rings. The number of anilines is 4. The standard InChI is InChI=1S/C53H44N4/c1-53(2,3)41-30-31-54-51(35-41)57-47-25-11-10-22-45(47)46-29-28-38(34-50(46)57)32-37-16-14-21-42(33-37)55-36-56(49-27-13-12-26-48(49)55)52-43(39-17-6-4-7-18-39)23-15-24-44(52)40-19-8-5-9-20-40/h4-31,33-35H,32,36H2,1-3H3/i4D,5D,6D,7D,8D,9D,10D,11D,14D,16D,17D,18D,19D,20D,21D,22D,25D,28D,29D,32D2. The highest BCUT2D eigenvalue weighted by molar-refractivity contribution is 6.09. The highest BCUT2D eigenvalue weighted by Gasteiger charge is 2.31. The summed E-state index contributed by atoms with van der Waals surface area (Å²) in [6, 6.07) is 5.03. The Hall–Kier alpha value is -6.91. The summed E-state index contributed by atoms with van der Waals surface area (Å²) in [5.74, 6) is 0.173. The van der Waals surface area contributed by atoms with Crippen molar-refractivity contribution in [1.82, 2.24) is 9.55 Å². The summed E-state index contributed by atoms with van der Waals surface area (Å²) in [4.78, 5) is 7.67. The van der Waals surface area contributed by atoms with E-state index in [9.17, 15) is 9.60 Å². The molecular formula is C53H44N4. The molecule has 0 saturated carbocycles. The van der Waals surface area contributed by atoms with Crippen LogP contribution in [0.25, 0.3) is 49.9 Å². The molecule has 0 unspecified atom stereocenters. The van der Waals surface area contributed by atoms with Crippen molar-refractivity contribution in [3.63, 3.8) is 0 Å². The Bertz CT molecular complexity index is 3960. The molecule has 0 N–H and O–H groups in total. The molecule has 1 aliphatic heterocycles. The summed E-state index contributed by atoms with van der Waals surface area (Å²) < 4.78 is 190. The number of nitrogens with zero attached hydrogens (tertiary/aromatic N) is 4. The van der Waals surface area contributed by atoms with Gasteiger partial charge in [0.1, 0.15) is 12.5 Å². The highest BCUT2D eigenvalue weighted by atomic mass is 15.4. The zero-order chi connectivity index (χ0) is 56.8.